The zero-order valence-electron chi connectivity index (χ0n) is 7.82. The Morgan fingerprint density at radius 2 is 2.31 bits per heavy atom. The number of carboxylic acids is 1. The summed E-state index contributed by atoms with van der Waals surface area (Å²) in [5.41, 5.74) is 0. The maximum absolute atomic E-state index is 10.6. The lowest BCUT2D eigenvalue weighted by atomic mass is 9.99. The molecule has 0 fully saturated rings. The van der Waals surface area contributed by atoms with Crippen LogP contribution >= 0.6 is 0 Å². The molecule has 0 aliphatic carbocycles. The molecule has 13 heavy (non-hydrogen) atoms. The third kappa shape index (κ3) is 4.47. The summed E-state index contributed by atoms with van der Waals surface area (Å²) in [4.78, 5) is 20.7. The van der Waals surface area contributed by atoms with E-state index in [4.69, 9.17) is 9.84 Å². The van der Waals surface area contributed by atoms with Crippen molar-refractivity contribution in [3.05, 3.63) is 0 Å². The smallest absolute Gasteiger partial charge is 0.326 e. The minimum Gasteiger partial charge on any atom is -0.480 e. The zero-order valence-corrected chi connectivity index (χ0v) is 7.82. The van der Waals surface area contributed by atoms with Crippen LogP contribution in [0.15, 0.2) is 0 Å². The van der Waals surface area contributed by atoms with Crippen LogP contribution in [-0.2, 0) is 14.3 Å². The Bertz CT molecular complexity index is 172. The van der Waals surface area contributed by atoms with Gasteiger partial charge in [0.05, 0.1) is 0 Å². The molecule has 0 rings (SSSR count). The van der Waals surface area contributed by atoms with E-state index in [-0.39, 0.29) is 5.92 Å². The number of nitrogens with one attached hydrogen (secondary N) is 1. The van der Waals surface area contributed by atoms with Gasteiger partial charge < -0.3 is 15.2 Å². The molecule has 2 N–H and O–H groups in total. The van der Waals surface area contributed by atoms with Crippen LogP contribution in [0.3, 0.4) is 0 Å². The van der Waals surface area contributed by atoms with Gasteiger partial charge in [0.2, 0.25) is 6.41 Å². The van der Waals surface area contributed by atoms with E-state index in [1.807, 2.05) is 0 Å². The molecule has 1 amide bonds. The number of carbonyl (C=O) groups excluding carboxylic acids is 1. The molecule has 0 radical (unpaired) electrons. The fourth-order valence-corrected chi connectivity index (χ4v) is 1.02. The van der Waals surface area contributed by atoms with Crippen molar-refractivity contribution in [2.24, 2.45) is 5.92 Å². The summed E-state index contributed by atoms with van der Waals surface area (Å²) in [7, 11) is 1.55. The van der Waals surface area contributed by atoms with Crippen molar-refractivity contribution in [3.63, 3.8) is 0 Å². The van der Waals surface area contributed by atoms with Gasteiger partial charge in [-0.3, -0.25) is 4.79 Å². The van der Waals surface area contributed by atoms with Gasteiger partial charge in [0, 0.05) is 13.7 Å². The second kappa shape index (κ2) is 6.42. The number of ether oxygens (including phenoxy) is 1. The molecule has 0 saturated carbocycles. The number of methoxy groups -OCH3 is 1. The average Bonchev–Trinajstić information content (AvgIpc) is 2.09. The van der Waals surface area contributed by atoms with E-state index in [2.05, 4.69) is 5.32 Å². The van der Waals surface area contributed by atoms with Gasteiger partial charge in [0.1, 0.15) is 6.04 Å². The van der Waals surface area contributed by atoms with Gasteiger partial charge in [0.25, 0.3) is 0 Å². The number of carbonyl (C=O) groups is 2. The SMILES string of the molecule is COCCC(C)C(NC=O)C(=O)O. The summed E-state index contributed by atoms with van der Waals surface area (Å²) >= 11 is 0. The van der Waals surface area contributed by atoms with Gasteiger partial charge >= 0.3 is 5.97 Å². The first kappa shape index (κ1) is 11.9. The molecule has 0 spiro atoms. The molecule has 0 aliphatic heterocycles. The van der Waals surface area contributed by atoms with Crippen LogP contribution in [0.2, 0.25) is 0 Å². The van der Waals surface area contributed by atoms with Crippen LogP contribution in [0.5, 0.6) is 0 Å². The summed E-state index contributed by atoms with van der Waals surface area (Å²) in [6.45, 7) is 2.25. The molecule has 0 aromatic carbocycles. The Morgan fingerprint density at radius 3 is 2.69 bits per heavy atom. The second-order valence-electron chi connectivity index (χ2n) is 2.86. The molecule has 0 aromatic heterocycles. The Kier molecular flexibility index (Phi) is 5.88. The first-order valence-corrected chi connectivity index (χ1v) is 4.05. The summed E-state index contributed by atoms with van der Waals surface area (Å²) < 4.78 is 4.81. The van der Waals surface area contributed by atoms with E-state index in [0.717, 1.165) is 0 Å². The predicted molar refractivity (Wildman–Crippen MR) is 46.3 cm³/mol. The quantitative estimate of drug-likeness (QED) is 0.546. The lowest BCUT2D eigenvalue weighted by Gasteiger charge is -2.18. The van der Waals surface area contributed by atoms with Crippen molar-refractivity contribution in [2.45, 2.75) is 19.4 Å². The monoisotopic (exact) mass is 189 g/mol. The number of hydrogen-bond donors (Lipinski definition) is 2. The highest BCUT2D eigenvalue weighted by Gasteiger charge is 2.23. The van der Waals surface area contributed by atoms with E-state index in [0.29, 0.717) is 19.4 Å². The normalized spacial score (nSPS) is 14.6. The number of hydrogen-bond acceptors (Lipinski definition) is 3. The highest BCUT2D eigenvalue weighted by Crippen LogP contribution is 2.07. The molecule has 0 heterocycles. The Morgan fingerprint density at radius 1 is 1.69 bits per heavy atom. The van der Waals surface area contributed by atoms with Gasteiger partial charge in [-0.15, -0.1) is 0 Å². The number of carboxylic acid groups (broad SMARTS) is 1. The van der Waals surface area contributed by atoms with E-state index < -0.39 is 12.0 Å². The Labute approximate surface area is 77.1 Å². The van der Waals surface area contributed by atoms with E-state index in [1.54, 1.807) is 14.0 Å². The number of rotatable bonds is 7. The first-order chi connectivity index (χ1) is 6.13. The largest absolute Gasteiger partial charge is 0.480 e. The molecular weight excluding hydrogens is 174 g/mol. The molecule has 0 bridgehead atoms. The number of aliphatic carboxylic acids is 1. The van der Waals surface area contributed by atoms with Crippen molar-refractivity contribution in [3.8, 4) is 0 Å². The van der Waals surface area contributed by atoms with Gasteiger partial charge in [-0.05, 0) is 12.3 Å². The third-order valence-electron chi connectivity index (χ3n) is 1.86. The molecule has 5 nitrogen and oxygen atoms in total. The average molecular weight is 189 g/mol. The van der Waals surface area contributed by atoms with Crippen molar-refractivity contribution in [2.75, 3.05) is 13.7 Å². The van der Waals surface area contributed by atoms with Gasteiger partial charge in [0.15, 0.2) is 0 Å². The first-order valence-electron chi connectivity index (χ1n) is 4.05. The molecule has 2 atom stereocenters. The maximum Gasteiger partial charge on any atom is 0.326 e. The van der Waals surface area contributed by atoms with E-state index in [1.165, 1.54) is 0 Å². The fourth-order valence-electron chi connectivity index (χ4n) is 1.02. The van der Waals surface area contributed by atoms with Crippen LogP contribution < -0.4 is 5.32 Å². The van der Waals surface area contributed by atoms with Crippen LogP contribution in [-0.4, -0.2) is 37.2 Å². The molecular formula is C8H15NO4. The minimum atomic E-state index is -1.02. The fraction of sp³-hybridized carbons (Fsp3) is 0.750. The molecule has 0 aromatic rings. The van der Waals surface area contributed by atoms with Crippen molar-refractivity contribution >= 4 is 12.4 Å². The van der Waals surface area contributed by atoms with Gasteiger partial charge in [-0.25, -0.2) is 4.79 Å². The lowest BCUT2D eigenvalue weighted by Crippen LogP contribution is -2.41. The van der Waals surface area contributed by atoms with Crippen molar-refractivity contribution < 1.29 is 19.4 Å². The second-order valence-corrected chi connectivity index (χ2v) is 2.86. The van der Waals surface area contributed by atoms with Crippen molar-refractivity contribution in [1.29, 1.82) is 0 Å². The summed E-state index contributed by atoms with van der Waals surface area (Å²) in [6, 6.07) is -0.826. The minimum absolute atomic E-state index is 0.136. The van der Waals surface area contributed by atoms with Crippen LogP contribution in [0, 0.1) is 5.92 Å². The third-order valence-corrected chi connectivity index (χ3v) is 1.86. The molecule has 0 saturated heterocycles. The molecule has 76 valence electrons. The zero-order chi connectivity index (χ0) is 10.3. The molecule has 5 heteroatoms. The van der Waals surface area contributed by atoms with Crippen LogP contribution in [0.4, 0.5) is 0 Å². The number of amides is 1. The summed E-state index contributed by atoms with van der Waals surface area (Å²) in [5.74, 6) is -1.15. The molecule has 2 unspecified atom stereocenters. The van der Waals surface area contributed by atoms with Crippen LogP contribution in [0.1, 0.15) is 13.3 Å². The summed E-state index contributed by atoms with van der Waals surface area (Å²) in [5, 5.41) is 11.0. The summed E-state index contributed by atoms with van der Waals surface area (Å²) in [6.07, 6.45) is 1.01. The van der Waals surface area contributed by atoms with E-state index >= 15 is 0 Å². The van der Waals surface area contributed by atoms with Gasteiger partial charge in [-0.1, -0.05) is 6.92 Å². The Hall–Kier alpha value is -1.10. The highest BCUT2D eigenvalue weighted by atomic mass is 16.5. The van der Waals surface area contributed by atoms with Gasteiger partial charge in [-0.2, -0.15) is 0 Å². The van der Waals surface area contributed by atoms with Crippen molar-refractivity contribution in [1.82, 2.24) is 5.32 Å². The molecule has 0 aliphatic rings. The topological polar surface area (TPSA) is 75.6 Å². The lowest BCUT2D eigenvalue weighted by molar-refractivity contribution is -0.142. The van der Waals surface area contributed by atoms with Crippen LogP contribution in [0.25, 0.3) is 0 Å². The highest BCUT2D eigenvalue weighted by molar-refractivity contribution is 5.76. The Balaban J connectivity index is 4.02. The predicted octanol–water partition coefficient (Wildman–Crippen LogP) is -0.142. The van der Waals surface area contributed by atoms with E-state index in [9.17, 15) is 9.59 Å². The standard InChI is InChI=1S/C8H15NO4/c1-6(3-4-13-2)7(8(11)12)9-5-10/h5-7H,3-4H2,1-2H3,(H,9,10)(H,11,12). The maximum atomic E-state index is 10.6.